The first kappa shape index (κ1) is 31.8. The highest BCUT2D eigenvalue weighted by Crippen LogP contribution is 2.41. The molecule has 10 heteroatoms. The molecule has 3 heterocycles. The van der Waals surface area contributed by atoms with E-state index in [4.69, 9.17) is 16.6 Å². The quantitative estimate of drug-likeness (QED) is 0.202. The van der Waals surface area contributed by atoms with Crippen molar-refractivity contribution in [1.29, 1.82) is 0 Å². The second-order valence-corrected chi connectivity index (χ2v) is 15.2. The normalized spacial score (nSPS) is 19.5. The van der Waals surface area contributed by atoms with Gasteiger partial charge in [0.05, 0.1) is 17.4 Å². The van der Waals surface area contributed by atoms with Crippen LogP contribution in [-0.4, -0.2) is 46.2 Å². The third kappa shape index (κ3) is 6.85. The molecule has 1 fully saturated rings. The van der Waals surface area contributed by atoms with Gasteiger partial charge >= 0.3 is 0 Å². The average molecular weight is 855 g/mol. The number of aromatic nitrogens is 2. The monoisotopic (exact) mass is 850 g/mol. The summed E-state index contributed by atoms with van der Waals surface area (Å²) in [6.07, 6.45) is 6.76. The number of hydrogen-bond acceptors (Lipinski definition) is 5. The summed E-state index contributed by atoms with van der Waals surface area (Å²) in [5, 5.41) is 14.8. The molecule has 224 valence electrons. The lowest BCUT2D eigenvalue weighted by molar-refractivity contribution is 0.194. The van der Waals surface area contributed by atoms with Crippen molar-refractivity contribution in [2.24, 2.45) is 0 Å². The topological polar surface area (TPSA) is 61.3 Å². The van der Waals surface area contributed by atoms with Gasteiger partial charge in [-0.15, -0.1) is 0 Å². The van der Waals surface area contributed by atoms with E-state index in [1.54, 1.807) is 6.20 Å². The predicted molar refractivity (Wildman–Crippen MR) is 187 cm³/mol. The number of hydrogen-bond donors (Lipinski definition) is 2. The summed E-state index contributed by atoms with van der Waals surface area (Å²) in [5.41, 5.74) is 10.5. The average Bonchev–Trinajstić information content (AvgIpc) is 3.21. The van der Waals surface area contributed by atoms with Crippen LogP contribution >= 0.6 is 75.3 Å². The third-order valence-corrected chi connectivity index (χ3v) is 10.8. The molecule has 2 atom stereocenters. The van der Waals surface area contributed by atoms with Crippen molar-refractivity contribution in [2.45, 2.75) is 44.8 Å². The van der Waals surface area contributed by atoms with Crippen LogP contribution < -0.4 is 5.32 Å². The molecule has 0 bridgehead atoms. The Morgan fingerprint density at radius 2 is 1.30 bits per heavy atom. The predicted octanol–water partition coefficient (Wildman–Crippen LogP) is 8.45. The van der Waals surface area contributed by atoms with Gasteiger partial charge in [-0.1, -0.05) is 49.5 Å². The van der Waals surface area contributed by atoms with Crippen LogP contribution in [0.4, 0.5) is 0 Å². The van der Waals surface area contributed by atoms with Crippen LogP contribution in [0.2, 0.25) is 5.02 Å². The molecule has 5 nitrogen and oxygen atoms in total. The molecule has 0 radical (unpaired) electrons. The zero-order valence-electron chi connectivity index (χ0n) is 23.6. The van der Waals surface area contributed by atoms with Crippen molar-refractivity contribution >= 4 is 75.3 Å². The van der Waals surface area contributed by atoms with Gasteiger partial charge in [-0.3, -0.25) is 14.9 Å². The van der Waals surface area contributed by atoms with E-state index < -0.39 is 6.10 Å². The summed E-state index contributed by atoms with van der Waals surface area (Å²) in [6, 6.07) is 12.9. The summed E-state index contributed by atoms with van der Waals surface area (Å²) in [6.45, 7) is 6.38. The Kier molecular flexibility index (Phi) is 10.1. The van der Waals surface area contributed by atoms with Crippen LogP contribution in [0.1, 0.15) is 62.5 Å². The van der Waals surface area contributed by atoms with Gasteiger partial charge in [-0.2, -0.15) is 0 Å². The van der Waals surface area contributed by atoms with E-state index in [0.717, 1.165) is 87.7 Å². The minimum absolute atomic E-state index is 0.239. The van der Waals surface area contributed by atoms with E-state index in [2.05, 4.69) is 104 Å². The van der Waals surface area contributed by atoms with Gasteiger partial charge in [0, 0.05) is 67.0 Å². The molecule has 1 saturated heterocycles. The van der Waals surface area contributed by atoms with E-state index in [0.29, 0.717) is 5.02 Å². The number of halogens is 5. The number of rotatable bonds is 1. The Hall–Kier alpha value is -1.17. The molecule has 2 aliphatic carbocycles. The van der Waals surface area contributed by atoms with Crippen LogP contribution in [0.3, 0.4) is 0 Å². The second kappa shape index (κ2) is 13.7. The number of benzene rings is 2. The lowest BCUT2D eigenvalue weighted by Crippen LogP contribution is -2.45. The molecule has 0 spiro atoms. The van der Waals surface area contributed by atoms with E-state index in [1.807, 2.05) is 24.4 Å². The number of fused-ring (bicyclic) bond motifs is 4. The fraction of sp³-hybridized carbons (Fsp3) is 0.333. The number of nitrogens with zero attached hydrogens (tertiary/aromatic N) is 3. The number of piperazine rings is 1. The Labute approximate surface area is 291 Å². The van der Waals surface area contributed by atoms with Gasteiger partial charge in [-0.05, 0) is 128 Å². The molecule has 4 aromatic rings. The molecule has 2 N–H and O–H groups in total. The van der Waals surface area contributed by atoms with E-state index >= 15 is 0 Å². The Morgan fingerprint density at radius 1 is 0.744 bits per heavy atom. The van der Waals surface area contributed by atoms with Crippen LogP contribution in [0, 0.1) is 6.92 Å². The summed E-state index contributed by atoms with van der Waals surface area (Å²) in [5.74, 6) is 0. The first-order chi connectivity index (χ1) is 20.7. The first-order valence-corrected chi connectivity index (χ1v) is 17.9. The number of aryl methyl sites for hydroxylation is 5. The van der Waals surface area contributed by atoms with Gasteiger partial charge in [0.15, 0.2) is 0 Å². The molecule has 2 aromatic carbocycles. The number of aliphatic hydroxyl groups is 1. The molecular weight excluding hydrogens is 823 g/mol. The highest BCUT2D eigenvalue weighted by atomic mass is 79.9. The van der Waals surface area contributed by atoms with Crippen molar-refractivity contribution in [3.8, 4) is 0 Å². The van der Waals surface area contributed by atoms with Crippen molar-refractivity contribution in [3.63, 3.8) is 0 Å². The second-order valence-electron chi connectivity index (χ2n) is 11.3. The van der Waals surface area contributed by atoms with Gasteiger partial charge in [0.2, 0.25) is 0 Å². The lowest BCUT2D eigenvalue weighted by atomic mass is 9.94. The number of pyridine rings is 2. The molecule has 3 aliphatic rings. The SMILES string of the molecule is Cc1cc(Br)c2c(c1)CCc1cc(Br)cnc1C2N1CCNCC1.OC1c2ncc(Br)cc2CCc2cc(Cl)cc(Br)c21. The van der Waals surface area contributed by atoms with Gasteiger partial charge < -0.3 is 10.4 Å². The molecule has 0 amide bonds. The summed E-state index contributed by atoms with van der Waals surface area (Å²) < 4.78 is 4.06. The lowest BCUT2D eigenvalue weighted by Gasteiger charge is -2.36. The van der Waals surface area contributed by atoms with Crippen LogP contribution in [0.5, 0.6) is 0 Å². The molecule has 43 heavy (non-hydrogen) atoms. The van der Waals surface area contributed by atoms with E-state index in [-0.39, 0.29) is 6.04 Å². The molecule has 2 aromatic heterocycles. The minimum atomic E-state index is -0.716. The standard InChI is InChI=1S/C19H21Br2N3.C14H10Br2ClNO/c1-12-8-13-2-3-14-10-15(20)11-23-18(14)19(17(13)16(21)9-12)24-6-4-22-5-7-24;15-9-3-8-2-1-7-4-10(17)5-11(16)12(7)14(19)13(8)18-6-9/h8-11,19,22H,2-7H2,1H3;3-6,14,19H,1-2H2. The van der Waals surface area contributed by atoms with Crippen molar-refractivity contribution in [2.75, 3.05) is 26.2 Å². The Balaban J connectivity index is 0.000000157. The molecule has 0 saturated carbocycles. The molecule has 1 aliphatic heterocycles. The van der Waals surface area contributed by atoms with Crippen molar-refractivity contribution < 1.29 is 5.11 Å². The fourth-order valence-electron chi connectivity index (χ4n) is 6.47. The summed E-state index contributed by atoms with van der Waals surface area (Å²) >= 11 is 20.5. The highest BCUT2D eigenvalue weighted by molar-refractivity contribution is 9.11. The van der Waals surface area contributed by atoms with Crippen molar-refractivity contribution in [1.82, 2.24) is 20.2 Å². The maximum absolute atomic E-state index is 10.6. The van der Waals surface area contributed by atoms with Crippen LogP contribution in [0.25, 0.3) is 0 Å². The largest absolute Gasteiger partial charge is 0.382 e. The number of nitrogens with one attached hydrogen (secondary N) is 1. The Morgan fingerprint density at radius 3 is 1.98 bits per heavy atom. The highest BCUT2D eigenvalue weighted by Gasteiger charge is 2.32. The maximum atomic E-state index is 10.6. The zero-order valence-corrected chi connectivity index (χ0v) is 30.7. The summed E-state index contributed by atoms with van der Waals surface area (Å²) in [4.78, 5) is 11.8. The van der Waals surface area contributed by atoms with Gasteiger partial charge in [-0.25, -0.2) is 0 Å². The number of aliphatic hydroxyl groups excluding tert-OH is 1. The van der Waals surface area contributed by atoms with E-state index in [9.17, 15) is 5.11 Å². The summed E-state index contributed by atoms with van der Waals surface area (Å²) in [7, 11) is 0. The molecule has 7 rings (SSSR count). The third-order valence-electron chi connectivity index (χ3n) is 8.38. The van der Waals surface area contributed by atoms with E-state index in [1.165, 1.54) is 32.4 Å². The van der Waals surface area contributed by atoms with Gasteiger partial charge in [0.25, 0.3) is 0 Å². The van der Waals surface area contributed by atoms with Crippen molar-refractivity contribution in [3.05, 3.63) is 122 Å². The molecule has 2 unspecified atom stereocenters. The molecular formula is C33H31Br4ClN4O. The minimum Gasteiger partial charge on any atom is -0.382 e. The Bertz CT molecular complexity index is 1680. The smallest absolute Gasteiger partial charge is 0.123 e. The maximum Gasteiger partial charge on any atom is 0.123 e. The zero-order chi connectivity index (χ0) is 30.2. The van der Waals surface area contributed by atoms with Crippen LogP contribution in [0.15, 0.2) is 66.7 Å². The van der Waals surface area contributed by atoms with Crippen LogP contribution in [-0.2, 0) is 25.7 Å². The fourth-order valence-corrected chi connectivity index (χ4v) is 9.15. The first-order valence-electron chi connectivity index (χ1n) is 14.4. The van der Waals surface area contributed by atoms with Gasteiger partial charge in [0.1, 0.15) is 6.10 Å².